The fourth-order valence-electron chi connectivity index (χ4n) is 3.24. The number of nitrogens with one attached hydrogen (secondary N) is 1. The number of halogens is 2. The fraction of sp³-hybridized carbons (Fsp3) is 0.733. The van der Waals surface area contributed by atoms with Gasteiger partial charge in [-0.2, -0.15) is 0 Å². The Morgan fingerprint density at radius 1 is 1.43 bits per heavy atom. The monoisotopic (exact) mass is 380 g/mol. The van der Waals surface area contributed by atoms with E-state index >= 15 is 0 Å². The van der Waals surface area contributed by atoms with Gasteiger partial charge in [-0.1, -0.05) is 13.3 Å². The first kappa shape index (κ1) is 20.6. The highest BCUT2D eigenvalue weighted by atomic mass is 35.5. The zero-order valence-electron chi connectivity index (χ0n) is 13.4. The molecule has 2 atom stereocenters. The highest BCUT2D eigenvalue weighted by molar-refractivity contribution is 7.15. The van der Waals surface area contributed by atoms with Crippen molar-refractivity contribution in [3.63, 3.8) is 0 Å². The van der Waals surface area contributed by atoms with E-state index < -0.39 is 0 Å². The Balaban J connectivity index is 0.00000132. The molecule has 8 heteroatoms. The van der Waals surface area contributed by atoms with Crippen LogP contribution >= 0.6 is 36.2 Å². The molecule has 0 radical (unpaired) electrons. The lowest BCUT2D eigenvalue weighted by Crippen LogP contribution is -2.34. The van der Waals surface area contributed by atoms with Gasteiger partial charge < -0.3 is 11.1 Å². The van der Waals surface area contributed by atoms with E-state index in [2.05, 4.69) is 22.1 Å². The normalized spacial score (nSPS) is 24.1. The van der Waals surface area contributed by atoms with Crippen molar-refractivity contribution in [3.05, 3.63) is 10.6 Å². The van der Waals surface area contributed by atoms with E-state index in [0.29, 0.717) is 0 Å². The maximum absolute atomic E-state index is 12.3. The molecule has 2 aliphatic rings. The molecule has 3 N–H and O–H groups in total. The molecule has 1 aromatic rings. The molecule has 132 valence electrons. The fourth-order valence-corrected chi connectivity index (χ4v) is 4.30. The minimum Gasteiger partial charge on any atom is -0.328 e. The number of carbonyl (C=O) groups is 1. The van der Waals surface area contributed by atoms with Crippen LogP contribution in [0.2, 0.25) is 0 Å². The summed E-state index contributed by atoms with van der Waals surface area (Å²) in [5, 5.41) is 3.78. The lowest BCUT2D eigenvalue weighted by Gasteiger charge is -2.25. The van der Waals surface area contributed by atoms with Crippen LogP contribution in [0, 0.1) is 5.92 Å². The molecule has 0 bridgehead atoms. The van der Waals surface area contributed by atoms with Crippen LogP contribution in [0.15, 0.2) is 0 Å². The van der Waals surface area contributed by atoms with Crippen LogP contribution in [0.5, 0.6) is 0 Å². The molecule has 1 aliphatic carbocycles. The van der Waals surface area contributed by atoms with Crippen molar-refractivity contribution in [1.29, 1.82) is 0 Å². The Labute approximate surface area is 154 Å². The number of hydrogen-bond acceptors (Lipinski definition) is 5. The number of nitrogens with two attached hydrogens (primary N) is 1. The van der Waals surface area contributed by atoms with Gasteiger partial charge in [-0.3, -0.25) is 9.69 Å². The predicted molar refractivity (Wildman–Crippen MR) is 99.8 cm³/mol. The standard InChI is InChI=1S/C15H24N4OS.2ClH/c1-2-19-7-6-12-13(9-19)21-15(17-12)18-14(20)10-4-3-5-11(16)8-10;;/h10-11H,2-9,16H2,1H3,(H,17,18,20);2*1H. The molecule has 1 aromatic heterocycles. The van der Waals surface area contributed by atoms with Gasteiger partial charge >= 0.3 is 0 Å². The highest BCUT2D eigenvalue weighted by Crippen LogP contribution is 2.30. The van der Waals surface area contributed by atoms with Gasteiger partial charge in [-0.05, 0) is 25.8 Å². The molecular formula is C15H26Cl2N4OS. The first-order chi connectivity index (χ1) is 10.2. The van der Waals surface area contributed by atoms with Crippen molar-refractivity contribution in [3.8, 4) is 0 Å². The second-order valence-corrected chi connectivity index (χ2v) is 7.20. The zero-order valence-corrected chi connectivity index (χ0v) is 15.9. The van der Waals surface area contributed by atoms with E-state index in [4.69, 9.17) is 5.73 Å². The third-order valence-corrected chi connectivity index (χ3v) is 5.57. The van der Waals surface area contributed by atoms with Crippen LogP contribution in [-0.2, 0) is 17.8 Å². The van der Waals surface area contributed by atoms with Gasteiger partial charge in [0.25, 0.3) is 0 Å². The molecular weight excluding hydrogens is 355 g/mol. The Kier molecular flexibility index (Phi) is 8.24. The van der Waals surface area contributed by atoms with Crippen LogP contribution in [0.25, 0.3) is 0 Å². The van der Waals surface area contributed by atoms with Crippen molar-refractivity contribution in [2.75, 3.05) is 18.4 Å². The van der Waals surface area contributed by atoms with Gasteiger partial charge in [-0.25, -0.2) is 4.98 Å². The summed E-state index contributed by atoms with van der Waals surface area (Å²) in [4.78, 5) is 20.7. The summed E-state index contributed by atoms with van der Waals surface area (Å²) in [5.41, 5.74) is 7.13. The number of thiazole rings is 1. The SMILES string of the molecule is CCN1CCc2nc(NC(=O)C3CCCC(N)C3)sc2C1.Cl.Cl. The molecule has 2 unspecified atom stereocenters. The average molecular weight is 381 g/mol. The van der Waals surface area contributed by atoms with E-state index in [9.17, 15) is 4.79 Å². The van der Waals surface area contributed by atoms with Crippen molar-refractivity contribution >= 4 is 47.2 Å². The number of rotatable bonds is 3. The van der Waals surface area contributed by atoms with Gasteiger partial charge in [0, 0.05) is 36.3 Å². The summed E-state index contributed by atoms with van der Waals surface area (Å²) in [6.07, 6.45) is 4.85. The third-order valence-electron chi connectivity index (χ3n) is 4.57. The average Bonchev–Trinajstić information content (AvgIpc) is 2.88. The van der Waals surface area contributed by atoms with Crippen LogP contribution in [0.3, 0.4) is 0 Å². The van der Waals surface area contributed by atoms with E-state index in [0.717, 1.165) is 56.9 Å². The third kappa shape index (κ3) is 5.03. The van der Waals surface area contributed by atoms with Crippen LogP contribution in [0.1, 0.15) is 43.2 Å². The second kappa shape index (κ2) is 9.18. The van der Waals surface area contributed by atoms with Gasteiger partial charge in [0.15, 0.2) is 5.13 Å². The summed E-state index contributed by atoms with van der Waals surface area (Å²) < 4.78 is 0. The van der Waals surface area contributed by atoms with Gasteiger partial charge in [0.05, 0.1) is 5.69 Å². The van der Waals surface area contributed by atoms with Gasteiger partial charge in [0.2, 0.25) is 5.91 Å². The number of anilines is 1. The van der Waals surface area contributed by atoms with E-state index in [1.165, 1.54) is 10.6 Å². The van der Waals surface area contributed by atoms with Crippen molar-refractivity contribution in [2.45, 2.75) is 51.6 Å². The lowest BCUT2D eigenvalue weighted by atomic mass is 9.86. The number of nitrogens with zero attached hydrogens (tertiary/aromatic N) is 2. The summed E-state index contributed by atoms with van der Waals surface area (Å²) in [6, 6.07) is 0.178. The molecule has 1 amide bonds. The highest BCUT2D eigenvalue weighted by Gasteiger charge is 2.27. The summed E-state index contributed by atoms with van der Waals surface area (Å²) >= 11 is 1.63. The minimum atomic E-state index is 0. The second-order valence-electron chi connectivity index (χ2n) is 6.12. The molecule has 2 heterocycles. The number of carbonyl (C=O) groups excluding carboxylic acids is 1. The molecule has 5 nitrogen and oxygen atoms in total. The Morgan fingerprint density at radius 2 is 2.22 bits per heavy atom. The summed E-state index contributed by atoms with van der Waals surface area (Å²) in [5.74, 6) is 0.158. The van der Waals surface area contributed by atoms with Crippen molar-refractivity contribution in [2.24, 2.45) is 11.7 Å². The lowest BCUT2D eigenvalue weighted by molar-refractivity contribution is -0.120. The molecule has 23 heavy (non-hydrogen) atoms. The number of likely N-dealkylation sites (N-methyl/N-ethyl adjacent to an activating group) is 1. The molecule has 1 fully saturated rings. The minimum absolute atomic E-state index is 0. The molecule has 0 saturated heterocycles. The summed E-state index contributed by atoms with van der Waals surface area (Å²) in [7, 11) is 0. The maximum Gasteiger partial charge on any atom is 0.229 e. The predicted octanol–water partition coefficient (Wildman–Crippen LogP) is 2.82. The van der Waals surface area contributed by atoms with Gasteiger partial charge in [0.1, 0.15) is 0 Å². The number of hydrogen-bond donors (Lipinski definition) is 2. The van der Waals surface area contributed by atoms with E-state index in [1.54, 1.807) is 11.3 Å². The summed E-state index contributed by atoms with van der Waals surface area (Å²) in [6.45, 7) is 5.28. The Morgan fingerprint density at radius 3 is 2.91 bits per heavy atom. The molecule has 0 aromatic carbocycles. The maximum atomic E-state index is 12.3. The first-order valence-corrected chi connectivity index (χ1v) is 8.74. The van der Waals surface area contributed by atoms with Crippen molar-refractivity contribution < 1.29 is 4.79 Å². The Hall–Kier alpha value is -0.400. The number of amides is 1. The molecule has 3 rings (SSSR count). The zero-order chi connectivity index (χ0) is 14.8. The van der Waals surface area contributed by atoms with Crippen LogP contribution < -0.4 is 11.1 Å². The quantitative estimate of drug-likeness (QED) is 0.845. The largest absolute Gasteiger partial charge is 0.328 e. The Bertz CT molecular complexity index is 526. The van der Waals surface area contributed by atoms with Crippen LogP contribution in [-0.4, -0.2) is 34.9 Å². The topological polar surface area (TPSA) is 71.2 Å². The van der Waals surface area contributed by atoms with Crippen LogP contribution in [0.4, 0.5) is 5.13 Å². The number of fused-ring (bicyclic) bond motifs is 1. The van der Waals surface area contributed by atoms with E-state index in [-0.39, 0.29) is 42.7 Å². The molecule has 1 aliphatic heterocycles. The smallest absolute Gasteiger partial charge is 0.229 e. The van der Waals surface area contributed by atoms with Gasteiger partial charge in [-0.15, -0.1) is 36.2 Å². The molecule has 0 spiro atoms. The molecule has 1 saturated carbocycles. The van der Waals surface area contributed by atoms with E-state index in [1.807, 2.05) is 0 Å². The first-order valence-electron chi connectivity index (χ1n) is 7.93. The number of aromatic nitrogens is 1. The van der Waals surface area contributed by atoms with Crippen molar-refractivity contribution in [1.82, 2.24) is 9.88 Å².